The van der Waals surface area contributed by atoms with Gasteiger partial charge in [-0.2, -0.15) is 0 Å². The summed E-state index contributed by atoms with van der Waals surface area (Å²) >= 11 is 6.06. The van der Waals surface area contributed by atoms with Crippen molar-refractivity contribution in [2.24, 2.45) is 5.73 Å². The highest BCUT2D eigenvalue weighted by molar-refractivity contribution is 6.32. The Morgan fingerprint density at radius 2 is 2.06 bits per heavy atom. The smallest absolute Gasteiger partial charge is 0.146 e. The fraction of sp³-hybridized carbons (Fsp3) is 0.214. The standard InChI is InChI=1S/C14H15ClN2O/c1-9-3-5-12(15)14(7-9)18-11-4-6-13(10(2)16)17-8-11/h3-8,10H,16H2,1-2H3. The zero-order chi connectivity index (χ0) is 13.1. The quantitative estimate of drug-likeness (QED) is 0.914. The van der Waals surface area contributed by atoms with Crippen LogP contribution >= 0.6 is 11.6 Å². The van der Waals surface area contributed by atoms with Gasteiger partial charge in [-0.25, -0.2) is 0 Å². The Labute approximate surface area is 112 Å². The summed E-state index contributed by atoms with van der Waals surface area (Å²) in [7, 11) is 0. The number of hydrogen-bond donors (Lipinski definition) is 1. The Kier molecular flexibility index (Phi) is 3.84. The molecule has 2 aromatic rings. The van der Waals surface area contributed by atoms with Crippen molar-refractivity contribution in [3.05, 3.63) is 52.8 Å². The topological polar surface area (TPSA) is 48.1 Å². The van der Waals surface area contributed by atoms with Crippen LogP contribution in [0.2, 0.25) is 5.02 Å². The van der Waals surface area contributed by atoms with Gasteiger partial charge in [0.15, 0.2) is 0 Å². The molecule has 4 heteroatoms. The highest BCUT2D eigenvalue weighted by Gasteiger charge is 2.05. The van der Waals surface area contributed by atoms with Gasteiger partial charge in [-0.3, -0.25) is 4.98 Å². The van der Waals surface area contributed by atoms with E-state index in [1.54, 1.807) is 6.20 Å². The number of aryl methyl sites for hydroxylation is 1. The SMILES string of the molecule is Cc1ccc(Cl)c(Oc2ccc(C(C)N)nc2)c1. The second-order valence-electron chi connectivity index (χ2n) is 4.24. The van der Waals surface area contributed by atoms with Gasteiger partial charge in [0.2, 0.25) is 0 Å². The van der Waals surface area contributed by atoms with E-state index in [2.05, 4.69) is 4.98 Å². The Morgan fingerprint density at radius 3 is 2.67 bits per heavy atom. The molecule has 1 heterocycles. The van der Waals surface area contributed by atoms with Gasteiger partial charge < -0.3 is 10.5 Å². The van der Waals surface area contributed by atoms with Gasteiger partial charge in [0.1, 0.15) is 11.5 Å². The van der Waals surface area contributed by atoms with Crippen molar-refractivity contribution >= 4 is 11.6 Å². The molecule has 2 rings (SSSR count). The molecular weight excluding hydrogens is 248 g/mol. The lowest BCUT2D eigenvalue weighted by molar-refractivity contribution is 0.479. The summed E-state index contributed by atoms with van der Waals surface area (Å²) in [5.41, 5.74) is 7.66. The highest BCUT2D eigenvalue weighted by atomic mass is 35.5. The van der Waals surface area contributed by atoms with Crippen molar-refractivity contribution in [3.63, 3.8) is 0 Å². The van der Waals surface area contributed by atoms with Gasteiger partial charge in [-0.05, 0) is 43.7 Å². The zero-order valence-corrected chi connectivity index (χ0v) is 11.1. The van der Waals surface area contributed by atoms with Gasteiger partial charge in [0, 0.05) is 6.04 Å². The first-order valence-corrected chi connectivity index (χ1v) is 6.09. The summed E-state index contributed by atoms with van der Waals surface area (Å²) in [6, 6.07) is 9.25. The fourth-order valence-corrected chi connectivity index (χ4v) is 1.69. The maximum absolute atomic E-state index is 6.06. The van der Waals surface area contributed by atoms with Crippen LogP contribution in [0.5, 0.6) is 11.5 Å². The van der Waals surface area contributed by atoms with Crippen LogP contribution in [0.25, 0.3) is 0 Å². The largest absolute Gasteiger partial charge is 0.454 e. The molecule has 94 valence electrons. The van der Waals surface area contributed by atoms with Gasteiger partial charge in [-0.1, -0.05) is 17.7 Å². The molecule has 1 aromatic heterocycles. The second-order valence-corrected chi connectivity index (χ2v) is 4.65. The number of halogens is 1. The zero-order valence-electron chi connectivity index (χ0n) is 10.4. The van der Waals surface area contributed by atoms with Gasteiger partial charge >= 0.3 is 0 Å². The molecule has 0 amide bonds. The van der Waals surface area contributed by atoms with Crippen LogP contribution in [0, 0.1) is 6.92 Å². The van der Waals surface area contributed by atoms with Crippen LogP contribution in [0.1, 0.15) is 24.2 Å². The molecule has 1 aromatic carbocycles. The van der Waals surface area contributed by atoms with E-state index < -0.39 is 0 Å². The molecule has 0 saturated heterocycles. The Hall–Kier alpha value is -1.58. The Bertz CT molecular complexity index is 538. The predicted molar refractivity (Wildman–Crippen MR) is 73.1 cm³/mol. The lowest BCUT2D eigenvalue weighted by Gasteiger charge is -2.09. The van der Waals surface area contributed by atoms with Crippen LogP contribution < -0.4 is 10.5 Å². The fourth-order valence-electron chi connectivity index (χ4n) is 1.54. The van der Waals surface area contributed by atoms with Crippen molar-refractivity contribution in [3.8, 4) is 11.5 Å². The summed E-state index contributed by atoms with van der Waals surface area (Å²) < 4.78 is 5.69. The maximum atomic E-state index is 6.06. The van der Waals surface area contributed by atoms with Crippen molar-refractivity contribution in [2.75, 3.05) is 0 Å². The molecule has 0 aliphatic heterocycles. The molecule has 0 aliphatic carbocycles. The lowest BCUT2D eigenvalue weighted by atomic mass is 10.2. The molecule has 0 bridgehead atoms. The number of nitrogens with two attached hydrogens (primary N) is 1. The van der Waals surface area contributed by atoms with E-state index in [-0.39, 0.29) is 6.04 Å². The molecule has 0 aliphatic rings. The summed E-state index contributed by atoms with van der Waals surface area (Å²) in [6.07, 6.45) is 1.65. The molecular formula is C14H15ClN2O. The van der Waals surface area contributed by atoms with E-state index >= 15 is 0 Å². The molecule has 3 nitrogen and oxygen atoms in total. The van der Waals surface area contributed by atoms with E-state index in [0.717, 1.165) is 11.3 Å². The Balaban J connectivity index is 2.21. The van der Waals surface area contributed by atoms with Crippen LogP contribution in [-0.4, -0.2) is 4.98 Å². The van der Waals surface area contributed by atoms with E-state index in [0.29, 0.717) is 16.5 Å². The Morgan fingerprint density at radius 1 is 1.28 bits per heavy atom. The third kappa shape index (κ3) is 3.00. The normalized spacial score (nSPS) is 12.2. The summed E-state index contributed by atoms with van der Waals surface area (Å²) in [6.45, 7) is 3.88. The summed E-state index contributed by atoms with van der Waals surface area (Å²) in [5, 5.41) is 0.580. The van der Waals surface area contributed by atoms with E-state index in [1.807, 2.05) is 44.2 Å². The predicted octanol–water partition coefficient (Wildman–Crippen LogP) is 3.86. The number of rotatable bonds is 3. The van der Waals surface area contributed by atoms with Crippen molar-refractivity contribution in [2.45, 2.75) is 19.9 Å². The first-order valence-electron chi connectivity index (χ1n) is 5.72. The summed E-state index contributed by atoms with van der Waals surface area (Å²) in [5.74, 6) is 1.28. The van der Waals surface area contributed by atoms with Crippen LogP contribution in [0.15, 0.2) is 36.5 Å². The number of aromatic nitrogens is 1. The third-order valence-corrected chi connectivity index (χ3v) is 2.85. The van der Waals surface area contributed by atoms with Crippen molar-refractivity contribution < 1.29 is 4.74 Å². The first-order chi connectivity index (χ1) is 8.56. The minimum atomic E-state index is -0.0818. The highest BCUT2D eigenvalue weighted by Crippen LogP contribution is 2.29. The third-order valence-electron chi connectivity index (χ3n) is 2.54. The molecule has 0 spiro atoms. The van der Waals surface area contributed by atoms with Crippen molar-refractivity contribution in [1.82, 2.24) is 4.98 Å². The number of pyridine rings is 1. The van der Waals surface area contributed by atoms with Crippen molar-refractivity contribution in [1.29, 1.82) is 0 Å². The minimum absolute atomic E-state index is 0.0818. The maximum Gasteiger partial charge on any atom is 0.146 e. The number of ether oxygens (including phenoxy) is 1. The van der Waals surface area contributed by atoms with E-state index in [9.17, 15) is 0 Å². The first kappa shape index (κ1) is 12.9. The van der Waals surface area contributed by atoms with Gasteiger partial charge in [0.05, 0.1) is 16.9 Å². The number of hydrogen-bond acceptors (Lipinski definition) is 3. The van der Waals surface area contributed by atoms with E-state index in [4.69, 9.17) is 22.1 Å². The minimum Gasteiger partial charge on any atom is -0.454 e. The van der Waals surface area contributed by atoms with Crippen LogP contribution in [0.3, 0.4) is 0 Å². The monoisotopic (exact) mass is 262 g/mol. The molecule has 1 unspecified atom stereocenters. The molecule has 0 fully saturated rings. The van der Waals surface area contributed by atoms with Crippen LogP contribution in [-0.2, 0) is 0 Å². The van der Waals surface area contributed by atoms with Crippen LogP contribution in [0.4, 0.5) is 0 Å². The lowest BCUT2D eigenvalue weighted by Crippen LogP contribution is -2.06. The molecule has 2 N–H and O–H groups in total. The molecule has 0 saturated carbocycles. The molecule has 18 heavy (non-hydrogen) atoms. The second kappa shape index (κ2) is 5.38. The number of benzene rings is 1. The molecule has 0 radical (unpaired) electrons. The average molecular weight is 263 g/mol. The molecule has 1 atom stereocenters. The average Bonchev–Trinajstić information content (AvgIpc) is 2.34. The van der Waals surface area contributed by atoms with Gasteiger partial charge in [0.25, 0.3) is 0 Å². The number of nitrogens with zero attached hydrogens (tertiary/aromatic N) is 1. The van der Waals surface area contributed by atoms with Gasteiger partial charge in [-0.15, -0.1) is 0 Å². The van der Waals surface area contributed by atoms with E-state index in [1.165, 1.54) is 0 Å². The summed E-state index contributed by atoms with van der Waals surface area (Å²) in [4.78, 5) is 4.23.